The molecule has 2 N–H and O–H groups in total. The van der Waals surface area contributed by atoms with Gasteiger partial charge in [0.2, 0.25) is 0 Å². The summed E-state index contributed by atoms with van der Waals surface area (Å²) < 4.78 is 6.69. The molecule has 4 fully saturated rings. The first-order valence-electron chi connectivity index (χ1n) is 13.9. The van der Waals surface area contributed by atoms with Crippen LogP contribution < -0.4 is 0 Å². The predicted molar refractivity (Wildman–Crippen MR) is 136 cm³/mol. The molecular formula is C30H50O4. The summed E-state index contributed by atoms with van der Waals surface area (Å²) in [5.41, 5.74) is 0.714. The maximum atomic E-state index is 11.6. The summed E-state index contributed by atoms with van der Waals surface area (Å²) in [6.45, 7) is 20.1. The highest BCUT2D eigenvalue weighted by Gasteiger charge is 2.68. The van der Waals surface area contributed by atoms with Crippen molar-refractivity contribution < 1.29 is 19.7 Å². The van der Waals surface area contributed by atoms with Crippen LogP contribution in [0, 0.1) is 39.9 Å². The Balaban J connectivity index is 1.64. The van der Waals surface area contributed by atoms with Crippen molar-refractivity contribution in [3.05, 3.63) is 12.2 Å². The molecule has 0 bridgehead atoms. The molecule has 0 spiro atoms. The van der Waals surface area contributed by atoms with Crippen LogP contribution >= 0.6 is 0 Å². The Labute approximate surface area is 207 Å². The van der Waals surface area contributed by atoms with Crippen LogP contribution in [0.1, 0.15) is 113 Å². The molecule has 194 valence electrons. The van der Waals surface area contributed by atoms with E-state index in [1.807, 2.05) is 13.8 Å². The topological polar surface area (TPSA) is 66.8 Å². The number of allylic oxidation sites excluding steroid dienone is 1. The molecule has 9 atom stereocenters. The summed E-state index contributed by atoms with van der Waals surface area (Å²) in [7, 11) is 0. The molecule has 0 radical (unpaired) electrons. The standard InChI is InChI=1S/C30H50O4/c1-19(2)20-11-17-29(7)23(27(20,5)15-14-25(31)32)10-9-21-22(12-16-28(21,29)6)30(8)18-13-24(34-30)26(3,4)33/h20-24,33H,1,9-18H2,2-8H3,(H,31,32)/t20?,21-,22+,23-,24-,27+,28-,29-,30+/m1/s1. The van der Waals surface area contributed by atoms with Crippen LogP contribution in [0.3, 0.4) is 0 Å². The number of carbonyl (C=O) groups is 1. The Morgan fingerprint density at radius 1 is 0.971 bits per heavy atom. The van der Waals surface area contributed by atoms with Crippen molar-refractivity contribution in [3.8, 4) is 0 Å². The van der Waals surface area contributed by atoms with E-state index in [9.17, 15) is 15.0 Å². The summed E-state index contributed by atoms with van der Waals surface area (Å²) in [4.78, 5) is 11.6. The van der Waals surface area contributed by atoms with E-state index in [1.54, 1.807) is 0 Å². The lowest BCUT2D eigenvalue weighted by atomic mass is 9.38. The summed E-state index contributed by atoms with van der Waals surface area (Å²) in [5, 5.41) is 20.2. The molecule has 1 aliphatic heterocycles. The number of carboxylic acid groups (broad SMARTS) is 1. The molecule has 4 rings (SSSR count). The van der Waals surface area contributed by atoms with E-state index in [1.165, 1.54) is 37.7 Å². The number of hydrogen-bond donors (Lipinski definition) is 2. The molecule has 1 unspecified atom stereocenters. The average molecular weight is 475 g/mol. The number of aliphatic carboxylic acids is 1. The maximum Gasteiger partial charge on any atom is 0.303 e. The number of rotatable bonds is 6. The Bertz CT molecular complexity index is 828. The first-order chi connectivity index (χ1) is 15.6. The highest BCUT2D eigenvalue weighted by atomic mass is 16.5. The highest BCUT2D eigenvalue weighted by Crippen LogP contribution is 2.74. The van der Waals surface area contributed by atoms with Gasteiger partial charge in [0.1, 0.15) is 0 Å². The number of carboxylic acids is 1. The van der Waals surface area contributed by atoms with Gasteiger partial charge in [0.05, 0.1) is 17.3 Å². The van der Waals surface area contributed by atoms with E-state index in [-0.39, 0.29) is 34.4 Å². The fourth-order valence-corrected chi connectivity index (χ4v) is 10.0. The van der Waals surface area contributed by atoms with Crippen molar-refractivity contribution in [2.75, 3.05) is 0 Å². The molecule has 4 aliphatic rings. The smallest absolute Gasteiger partial charge is 0.303 e. The van der Waals surface area contributed by atoms with Crippen LogP contribution in [-0.4, -0.2) is 33.5 Å². The quantitative estimate of drug-likeness (QED) is 0.407. The molecule has 1 heterocycles. The Morgan fingerprint density at radius 2 is 1.62 bits per heavy atom. The van der Waals surface area contributed by atoms with Crippen molar-refractivity contribution in [3.63, 3.8) is 0 Å². The second-order valence-electron chi connectivity index (χ2n) is 14.2. The van der Waals surface area contributed by atoms with Crippen LogP contribution in [0.5, 0.6) is 0 Å². The van der Waals surface area contributed by atoms with Crippen molar-refractivity contribution in [1.29, 1.82) is 0 Å². The second kappa shape index (κ2) is 8.33. The maximum absolute atomic E-state index is 11.6. The SMILES string of the molecule is C=C(C)C1CC[C@]2(C)[C@H](CC[C@@H]3[C@@H]([C@]4(C)CC[C@H](C(C)(C)O)O4)CC[C@]32C)[C@@]1(C)CCC(=O)O. The molecule has 0 amide bonds. The number of fused-ring (bicyclic) bond motifs is 3. The van der Waals surface area contributed by atoms with Gasteiger partial charge < -0.3 is 14.9 Å². The van der Waals surface area contributed by atoms with Crippen LogP contribution in [0.25, 0.3) is 0 Å². The van der Waals surface area contributed by atoms with Gasteiger partial charge in [-0.25, -0.2) is 0 Å². The van der Waals surface area contributed by atoms with Gasteiger partial charge in [0.15, 0.2) is 0 Å². The molecule has 3 aliphatic carbocycles. The average Bonchev–Trinajstić information content (AvgIpc) is 3.29. The molecule has 4 nitrogen and oxygen atoms in total. The van der Waals surface area contributed by atoms with E-state index in [2.05, 4.69) is 41.2 Å². The minimum absolute atomic E-state index is 0.0109. The minimum Gasteiger partial charge on any atom is -0.481 e. The monoisotopic (exact) mass is 474 g/mol. The first kappa shape index (κ1) is 26.2. The van der Waals surface area contributed by atoms with Crippen LogP contribution in [0.2, 0.25) is 0 Å². The fraction of sp³-hybridized carbons (Fsp3) is 0.900. The van der Waals surface area contributed by atoms with Gasteiger partial charge in [-0.2, -0.15) is 0 Å². The molecule has 3 saturated carbocycles. The minimum atomic E-state index is -0.795. The lowest BCUT2D eigenvalue weighted by Crippen LogP contribution is -2.60. The number of ether oxygens (including phenoxy) is 1. The first-order valence-corrected chi connectivity index (χ1v) is 13.9. The normalized spacial score (nSPS) is 48.9. The van der Waals surface area contributed by atoms with E-state index >= 15 is 0 Å². The molecule has 0 aromatic carbocycles. The lowest BCUT2D eigenvalue weighted by molar-refractivity contribution is -0.187. The molecule has 4 heteroatoms. The van der Waals surface area contributed by atoms with Gasteiger partial charge in [-0.3, -0.25) is 4.79 Å². The summed E-state index contributed by atoms with van der Waals surface area (Å²) >= 11 is 0. The van der Waals surface area contributed by atoms with Crippen LogP contribution in [-0.2, 0) is 9.53 Å². The van der Waals surface area contributed by atoms with Crippen LogP contribution in [0.4, 0.5) is 0 Å². The molecule has 34 heavy (non-hydrogen) atoms. The fourth-order valence-electron chi connectivity index (χ4n) is 10.0. The predicted octanol–water partition coefficient (Wildman–Crippen LogP) is 7.00. The van der Waals surface area contributed by atoms with Crippen molar-refractivity contribution in [1.82, 2.24) is 0 Å². The zero-order valence-electron chi connectivity index (χ0n) is 22.9. The van der Waals surface area contributed by atoms with Gasteiger partial charge in [0.25, 0.3) is 0 Å². The number of hydrogen-bond acceptors (Lipinski definition) is 3. The zero-order chi connectivity index (χ0) is 25.3. The van der Waals surface area contributed by atoms with Crippen molar-refractivity contribution in [2.24, 2.45) is 39.9 Å². The summed E-state index contributed by atoms with van der Waals surface area (Å²) in [6.07, 6.45) is 10.0. The second-order valence-corrected chi connectivity index (χ2v) is 14.2. The van der Waals surface area contributed by atoms with Gasteiger partial charge >= 0.3 is 5.97 Å². The molecule has 1 saturated heterocycles. The third kappa shape index (κ3) is 3.81. The third-order valence-electron chi connectivity index (χ3n) is 12.0. The van der Waals surface area contributed by atoms with Gasteiger partial charge in [0, 0.05) is 6.42 Å². The van der Waals surface area contributed by atoms with Gasteiger partial charge in [-0.05, 0) is 125 Å². The highest BCUT2D eigenvalue weighted by molar-refractivity contribution is 5.66. The number of aliphatic hydroxyl groups is 1. The largest absolute Gasteiger partial charge is 0.481 e. The molecular weight excluding hydrogens is 424 g/mol. The molecule has 0 aromatic rings. The van der Waals surface area contributed by atoms with E-state index in [0.717, 1.165) is 25.7 Å². The summed E-state index contributed by atoms with van der Waals surface area (Å²) in [6, 6.07) is 0. The van der Waals surface area contributed by atoms with E-state index < -0.39 is 11.6 Å². The van der Waals surface area contributed by atoms with E-state index in [4.69, 9.17) is 4.74 Å². The lowest BCUT2D eigenvalue weighted by Gasteiger charge is -2.66. The van der Waals surface area contributed by atoms with Gasteiger partial charge in [-0.15, -0.1) is 0 Å². The van der Waals surface area contributed by atoms with Crippen molar-refractivity contribution >= 4 is 5.97 Å². The zero-order valence-corrected chi connectivity index (χ0v) is 22.9. The van der Waals surface area contributed by atoms with Crippen LogP contribution in [0.15, 0.2) is 12.2 Å². The summed E-state index contributed by atoms with van der Waals surface area (Å²) in [5.74, 6) is 1.42. The Kier molecular flexibility index (Phi) is 6.42. The third-order valence-corrected chi connectivity index (χ3v) is 12.0. The van der Waals surface area contributed by atoms with E-state index in [0.29, 0.717) is 23.7 Å². The Morgan fingerprint density at radius 3 is 2.18 bits per heavy atom. The Hall–Kier alpha value is -0.870. The van der Waals surface area contributed by atoms with Gasteiger partial charge in [-0.1, -0.05) is 32.9 Å². The van der Waals surface area contributed by atoms with Crippen molar-refractivity contribution in [2.45, 2.75) is 130 Å². The molecule has 0 aromatic heterocycles.